The van der Waals surface area contributed by atoms with Crippen LogP contribution in [0.15, 0.2) is 12.2 Å². The zero-order chi connectivity index (χ0) is 8.10. The van der Waals surface area contributed by atoms with E-state index in [9.17, 15) is 0 Å². The van der Waals surface area contributed by atoms with Crippen LogP contribution in [0.3, 0.4) is 0 Å². The Morgan fingerprint density at radius 2 is 2.55 bits per heavy atom. The third kappa shape index (κ3) is 3.04. The summed E-state index contributed by atoms with van der Waals surface area (Å²) >= 11 is 0. The van der Waals surface area contributed by atoms with Gasteiger partial charge < -0.3 is 10.1 Å². The summed E-state index contributed by atoms with van der Waals surface area (Å²) in [5.41, 5.74) is 1.27. The lowest BCUT2D eigenvalue weighted by Gasteiger charge is -2.10. The van der Waals surface area contributed by atoms with E-state index in [0.717, 1.165) is 32.6 Å². The molecular weight excluding hydrogens is 138 g/mol. The zero-order valence-electron chi connectivity index (χ0n) is 7.23. The minimum absolute atomic E-state index is 0.568. The first-order valence-electron chi connectivity index (χ1n) is 4.30. The van der Waals surface area contributed by atoms with E-state index in [-0.39, 0.29) is 0 Å². The third-order valence-corrected chi connectivity index (χ3v) is 2.07. The van der Waals surface area contributed by atoms with Crippen molar-refractivity contribution in [3.63, 3.8) is 0 Å². The summed E-state index contributed by atoms with van der Waals surface area (Å²) in [6.07, 6.45) is 2.22. The first-order chi connectivity index (χ1) is 5.33. The van der Waals surface area contributed by atoms with Crippen LogP contribution in [0, 0.1) is 0 Å². The average molecular weight is 155 g/mol. The molecule has 64 valence electrons. The Bertz CT molecular complexity index is 128. The van der Waals surface area contributed by atoms with Crippen LogP contribution in [0.1, 0.15) is 19.8 Å². The standard InChI is InChI=1S/C9H17NO/c1-3-8(2)6-10-9-4-5-11-7-9/h9-10H,2-7H2,1H3. The van der Waals surface area contributed by atoms with Crippen LogP contribution in [0.5, 0.6) is 0 Å². The summed E-state index contributed by atoms with van der Waals surface area (Å²) in [6, 6.07) is 0.568. The van der Waals surface area contributed by atoms with Crippen molar-refractivity contribution in [1.82, 2.24) is 5.32 Å². The summed E-state index contributed by atoms with van der Waals surface area (Å²) < 4.78 is 5.23. The summed E-state index contributed by atoms with van der Waals surface area (Å²) in [5.74, 6) is 0. The summed E-state index contributed by atoms with van der Waals surface area (Å²) in [5, 5.41) is 3.41. The van der Waals surface area contributed by atoms with Gasteiger partial charge in [-0.05, 0) is 12.8 Å². The highest BCUT2D eigenvalue weighted by molar-refractivity contribution is 4.96. The number of hydrogen-bond donors (Lipinski definition) is 1. The van der Waals surface area contributed by atoms with Crippen LogP contribution in [0.25, 0.3) is 0 Å². The molecule has 0 bridgehead atoms. The van der Waals surface area contributed by atoms with Crippen molar-refractivity contribution in [2.75, 3.05) is 19.8 Å². The smallest absolute Gasteiger partial charge is 0.0620 e. The predicted molar refractivity (Wildman–Crippen MR) is 46.7 cm³/mol. The van der Waals surface area contributed by atoms with Gasteiger partial charge in [-0.1, -0.05) is 19.1 Å². The van der Waals surface area contributed by atoms with Crippen molar-refractivity contribution >= 4 is 0 Å². The average Bonchev–Trinajstić information content (AvgIpc) is 2.52. The van der Waals surface area contributed by atoms with E-state index in [4.69, 9.17) is 4.74 Å². The van der Waals surface area contributed by atoms with Gasteiger partial charge in [-0.3, -0.25) is 0 Å². The van der Waals surface area contributed by atoms with E-state index in [2.05, 4.69) is 18.8 Å². The minimum Gasteiger partial charge on any atom is -0.380 e. The normalized spacial score (nSPS) is 23.9. The first kappa shape index (κ1) is 8.75. The van der Waals surface area contributed by atoms with E-state index in [1.807, 2.05) is 0 Å². The van der Waals surface area contributed by atoms with Crippen LogP contribution < -0.4 is 5.32 Å². The second-order valence-electron chi connectivity index (χ2n) is 3.04. The molecule has 1 saturated heterocycles. The van der Waals surface area contributed by atoms with Crippen molar-refractivity contribution in [3.8, 4) is 0 Å². The van der Waals surface area contributed by atoms with E-state index in [0.29, 0.717) is 6.04 Å². The van der Waals surface area contributed by atoms with Crippen LogP contribution in [-0.4, -0.2) is 25.8 Å². The van der Waals surface area contributed by atoms with Crippen molar-refractivity contribution in [2.24, 2.45) is 0 Å². The Labute approximate surface area is 68.6 Å². The Balaban J connectivity index is 2.06. The molecule has 1 rings (SSSR count). The summed E-state index contributed by atoms with van der Waals surface area (Å²) in [6.45, 7) is 8.80. The molecule has 0 saturated carbocycles. The molecule has 0 spiro atoms. The fourth-order valence-electron chi connectivity index (χ4n) is 1.11. The maximum atomic E-state index is 5.23. The maximum Gasteiger partial charge on any atom is 0.0620 e. The highest BCUT2D eigenvalue weighted by Gasteiger charge is 2.13. The van der Waals surface area contributed by atoms with Crippen molar-refractivity contribution in [2.45, 2.75) is 25.8 Å². The molecule has 1 unspecified atom stereocenters. The van der Waals surface area contributed by atoms with Crippen molar-refractivity contribution in [1.29, 1.82) is 0 Å². The lowest BCUT2D eigenvalue weighted by molar-refractivity contribution is 0.190. The van der Waals surface area contributed by atoms with Gasteiger partial charge in [0.25, 0.3) is 0 Å². The van der Waals surface area contributed by atoms with Gasteiger partial charge in [0.15, 0.2) is 0 Å². The highest BCUT2D eigenvalue weighted by atomic mass is 16.5. The molecule has 1 aliphatic heterocycles. The Hall–Kier alpha value is -0.340. The summed E-state index contributed by atoms with van der Waals surface area (Å²) in [7, 11) is 0. The molecule has 0 aromatic rings. The molecule has 2 heteroatoms. The van der Waals surface area contributed by atoms with Gasteiger partial charge in [0.1, 0.15) is 0 Å². The van der Waals surface area contributed by atoms with Gasteiger partial charge in [-0.15, -0.1) is 0 Å². The monoisotopic (exact) mass is 155 g/mol. The molecular formula is C9H17NO. The van der Waals surface area contributed by atoms with Gasteiger partial charge >= 0.3 is 0 Å². The third-order valence-electron chi connectivity index (χ3n) is 2.07. The number of rotatable bonds is 4. The molecule has 2 nitrogen and oxygen atoms in total. The highest BCUT2D eigenvalue weighted by Crippen LogP contribution is 2.04. The van der Waals surface area contributed by atoms with Crippen LogP contribution >= 0.6 is 0 Å². The van der Waals surface area contributed by atoms with E-state index >= 15 is 0 Å². The fraction of sp³-hybridized carbons (Fsp3) is 0.778. The number of ether oxygens (including phenoxy) is 1. The molecule has 1 fully saturated rings. The molecule has 0 aromatic carbocycles. The van der Waals surface area contributed by atoms with Crippen molar-refractivity contribution < 1.29 is 4.74 Å². The lowest BCUT2D eigenvalue weighted by Crippen LogP contribution is -2.30. The van der Waals surface area contributed by atoms with Gasteiger partial charge in [0.2, 0.25) is 0 Å². The molecule has 1 N–H and O–H groups in total. The van der Waals surface area contributed by atoms with Gasteiger partial charge in [-0.2, -0.15) is 0 Å². The second-order valence-corrected chi connectivity index (χ2v) is 3.04. The minimum atomic E-state index is 0.568. The lowest BCUT2D eigenvalue weighted by atomic mass is 10.2. The zero-order valence-corrected chi connectivity index (χ0v) is 7.23. The molecule has 1 aliphatic rings. The first-order valence-corrected chi connectivity index (χ1v) is 4.30. The molecule has 0 amide bonds. The Morgan fingerprint density at radius 1 is 1.73 bits per heavy atom. The Kier molecular flexibility index (Phi) is 3.60. The largest absolute Gasteiger partial charge is 0.380 e. The number of hydrogen-bond acceptors (Lipinski definition) is 2. The Morgan fingerprint density at radius 3 is 3.09 bits per heavy atom. The van der Waals surface area contributed by atoms with Gasteiger partial charge in [0, 0.05) is 19.2 Å². The molecule has 11 heavy (non-hydrogen) atoms. The van der Waals surface area contributed by atoms with Crippen LogP contribution in [0.4, 0.5) is 0 Å². The SMILES string of the molecule is C=C(CC)CNC1CCOC1. The predicted octanol–water partition coefficient (Wildman–Crippen LogP) is 1.33. The quantitative estimate of drug-likeness (QED) is 0.618. The van der Waals surface area contributed by atoms with Gasteiger partial charge in [0.05, 0.1) is 6.61 Å². The van der Waals surface area contributed by atoms with Crippen molar-refractivity contribution in [3.05, 3.63) is 12.2 Å². The van der Waals surface area contributed by atoms with E-state index < -0.39 is 0 Å². The molecule has 1 atom stereocenters. The molecule has 0 aliphatic carbocycles. The molecule has 1 heterocycles. The second kappa shape index (κ2) is 4.52. The van der Waals surface area contributed by atoms with E-state index in [1.165, 1.54) is 5.57 Å². The topological polar surface area (TPSA) is 21.3 Å². The van der Waals surface area contributed by atoms with Crippen LogP contribution in [0.2, 0.25) is 0 Å². The fourth-order valence-corrected chi connectivity index (χ4v) is 1.11. The molecule has 0 aromatic heterocycles. The number of nitrogens with one attached hydrogen (secondary N) is 1. The maximum absolute atomic E-state index is 5.23. The van der Waals surface area contributed by atoms with Gasteiger partial charge in [-0.25, -0.2) is 0 Å². The van der Waals surface area contributed by atoms with Crippen LogP contribution in [-0.2, 0) is 4.74 Å². The summed E-state index contributed by atoms with van der Waals surface area (Å²) in [4.78, 5) is 0. The van der Waals surface area contributed by atoms with E-state index in [1.54, 1.807) is 0 Å². The molecule has 0 radical (unpaired) electrons.